The van der Waals surface area contributed by atoms with Crippen molar-refractivity contribution in [3.05, 3.63) is 12.2 Å². The summed E-state index contributed by atoms with van der Waals surface area (Å²) in [5.41, 5.74) is 0. The van der Waals surface area contributed by atoms with Crippen LogP contribution in [0.2, 0.25) is 0 Å². The molecule has 0 radical (unpaired) electrons. The van der Waals surface area contributed by atoms with Gasteiger partial charge in [0.25, 0.3) is 0 Å². The predicted octanol–water partition coefficient (Wildman–Crippen LogP) is 0.549. The van der Waals surface area contributed by atoms with Crippen molar-refractivity contribution in [2.75, 3.05) is 6.61 Å². The van der Waals surface area contributed by atoms with Crippen LogP contribution in [0.25, 0.3) is 0 Å². The molecule has 0 fully saturated rings. The molecule has 3 N–H and O–H groups in total. The Hall–Kier alpha value is -0.380. The Bertz CT molecular complexity index is 156. The van der Waals surface area contributed by atoms with Crippen molar-refractivity contribution in [2.24, 2.45) is 11.8 Å². The van der Waals surface area contributed by atoms with Gasteiger partial charge in [0.2, 0.25) is 0 Å². The smallest absolute Gasteiger partial charge is 0.0771 e. The van der Waals surface area contributed by atoms with Crippen LogP contribution in [0.3, 0.4) is 0 Å². The molecule has 4 atom stereocenters. The number of hydrogen-bond donors (Lipinski definition) is 3. The first kappa shape index (κ1) is 12.6. The van der Waals surface area contributed by atoms with Gasteiger partial charge in [0, 0.05) is 18.4 Å². The predicted molar refractivity (Wildman–Crippen MR) is 52.2 cm³/mol. The van der Waals surface area contributed by atoms with Crippen LogP contribution in [0.15, 0.2) is 12.2 Å². The maximum atomic E-state index is 9.63. The Morgan fingerprint density at radius 3 is 2.15 bits per heavy atom. The van der Waals surface area contributed by atoms with Gasteiger partial charge in [-0.2, -0.15) is 0 Å². The minimum Gasteiger partial charge on any atom is -0.396 e. The number of aliphatic hydroxyl groups excluding tert-OH is 3. The zero-order chi connectivity index (χ0) is 10.4. The molecule has 0 aromatic heterocycles. The van der Waals surface area contributed by atoms with E-state index in [9.17, 15) is 10.2 Å². The van der Waals surface area contributed by atoms with Gasteiger partial charge in [0.1, 0.15) is 0 Å². The number of hydrogen-bond acceptors (Lipinski definition) is 3. The lowest BCUT2D eigenvalue weighted by Gasteiger charge is -2.25. The second-order valence-electron chi connectivity index (χ2n) is 3.53. The summed E-state index contributed by atoms with van der Waals surface area (Å²) in [6.07, 6.45) is 2.07. The minimum atomic E-state index is -0.670. The molecule has 0 spiro atoms. The molecule has 3 nitrogen and oxygen atoms in total. The molecule has 13 heavy (non-hydrogen) atoms. The molecular weight excluding hydrogens is 168 g/mol. The van der Waals surface area contributed by atoms with Crippen LogP contribution in [0.4, 0.5) is 0 Å². The third-order valence-corrected chi connectivity index (χ3v) is 2.34. The normalized spacial score (nSPS) is 21.4. The molecule has 0 aromatic rings. The Labute approximate surface area is 79.7 Å². The van der Waals surface area contributed by atoms with Crippen molar-refractivity contribution in [3.63, 3.8) is 0 Å². The molecule has 0 rings (SSSR count). The van der Waals surface area contributed by atoms with Crippen LogP contribution < -0.4 is 0 Å². The van der Waals surface area contributed by atoms with Crippen molar-refractivity contribution in [2.45, 2.75) is 33.0 Å². The molecule has 3 heteroatoms. The van der Waals surface area contributed by atoms with Gasteiger partial charge in [-0.15, -0.1) is 0 Å². The maximum absolute atomic E-state index is 9.63. The van der Waals surface area contributed by atoms with Gasteiger partial charge in [-0.05, 0) is 6.92 Å². The first-order chi connectivity index (χ1) is 6.04. The summed E-state index contributed by atoms with van der Waals surface area (Å²) >= 11 is 0. The summed E-state index contributed by atoms with van der Waals surface area (Å²) in [5.74, 6) is -0.451. The van der Waals surface area contributed by atoms with Gasteiger partial charge in [-0.25, -0.2) is 0 Å². The topological polar surface area (TPSA) is 60.7 Å². The third-order valence-electron chi connectivity index (χ3n) is 2.34. The van der Waals surface area contributed by atoms with E-state index in [1.165, 1.54) is 0 Å². The van der Waals surface area contributed by atoms with Crippen LogP contribution in [-0.2, 0) is 0 Å². The summed E-state index contributed by atoms with van der Waals surface area (Å²) in [4.78, 5) is 0. The Morgan fingerprint density at radius 2 is 1.77 bits per heavy atom. The third kappa shape index (κ3) is 3.89. The zero-order valence-corrected chi connectivity index (χ0v) is 8.51. The Morgan fingerprint density at radius 1 is 1.23 bits per heavy atom. The van der Waals surface area contributed by atoms with Crippen LogP contribution in [-0.4, -0.2) is 34.1 Å². The zero-order valence-electron chi connectivity index (χ0n) is 8.51. The van der Waals surface area contributed by atoms with E-state index in [4.69, 9.17) is 5.11 Å². The molecule has 0 aliphatic rings. The van der Waals surface area contributed by atoms with Crippen LogP contribution >= 0.6 is 0 Å². The Balaban J connectivity index is 4.15. The monoisotopic (exact) mass is 188 g/mol. The molecule has 78 valence electrons. The summed E-state index contributed by atoms with van der Waals surface area (Å²) in [6.45, 7) is 5.27. The molecule has 0 aliphatic carbocycles. The molecular formula is C10H20O3. The largest absolute Gasteiger partial charge is 0.396 e. The molecule has 0 bridgehead atoms. The fourth-order valence-electron chi connectivity index (χ4n) is 1.20. The lowest BCUT2D eigenvalue weighted by molar-refractivity contribution is -0.00417. The van der Waals surface area contributed by atoms with Crippen molar-refractivity contribution < 1.29 is 15.3 Å². The highest BCUT2D eigenvalue weighted by Gasteiger charge is 2.24. The second-order valence-corrected chi connectivity index (χ2v) is 3.53. The van der Waals surface area contributed by atoms with E-state index in [2.05, 4.69) is 0 Å². The van der Waals surface area contributed by atoms with E-state index >= 15 is 0 Å². The fraction of sp³-hybridized carbons (Fsp3) is 0.800. The standard InChI is InChI=1S/C10H20O3/c1-4-5-9(12)8(3)10(13)7(2)6-11/h4-5,7-13H,6H2,1-3H3/b5-4+/t7-,8+,9+,10-/m0/s1. The van der Waals surface area contributed by atoms with Crippen molar-refractivity contribution in [1.29, 1.82) is 0 Å². The maximum Gasteiger partial charge on any atom is 0.0771 e. The number of aliphatic hydroxyl groups is 3. The lowest BCUT2D eigenvalue weighted by atomic mass is 9.89. The second kappa shape index (κ2) is 6.13. The molecule has 0 heterocycles. The van der Waals surface area contributed by atoms with E-state index in [0.717, 1.165) is 0 Å². The summed E-state index contributed by atoms with van der Waals surface area (Å²) in [5, 5.41) is 27.9. The van der Waals surface area contributed by atoms with Crippen LogP contribution in [0, 0.1) is 11.8 Å². The van der Waals surface area contributed by atoms with Crippen molar-refractivity contribution in [3.8, 4) is 0 Å². The molecule has 0 saturated carbocycles. The average molecular weight is 188 g/mol. The molecule has 0 saturated heterocycles. The van der Waals surface area contributed by atoms with Gasteiger partial charge in [-0.3, -0.25) is 0 Å². The van der Waals surface area contributed by atoms with Crippen LogP contribution in [0.5, 0.6) is 0 Å². The fourth-order valence-corrected chi connectivity index (χ4v) is 1.20. The minimum absolute atomic E-state index is 0.0614. The van der Waals surface area contributed by atoms with E-state index in [0.29, 0.717) is 0 Å². The van der Waals surface area contributed by atoms with Crippen molar-refractivity contribution >= 4 is 0 Å². The first-order valence-electron chi connectivity index (χ1n) is 4.64. The van der Waals surface area contributed by atoms with E-state index in [1.54, 1.807) is 26.0 Å². The summed E-state index contributed by atoms with van der Waals surface area (Å²) in [7, 11) is 0. The summed E-state index contributed by atoms with van der Waals surface area (Å²) in [6, 6.07) is 0. The highest BCUT2D eigenvalue weighted by Crippen LogP contribution is 2.16. The van der Waals surface area contributed by atoms with E-state index in [-0.39, 0.29) is 18.4 Å². The molecule has 0 amide bonds. The van der Waals surface area contributed by atoms with E-state index < -0.39 is 12.2 Å². The SMILES string of the molecule is C/C=C/[C@@H](O)[C@@H](C)[C@@H](O)[C@@H](C)CO. The van der Waals surface area contributed by atoms with Crippen molar-refractivity contribution in [1.82, 2.24) is 0 Å². The first-order valence-corrected chi connectivity index (χ1v) is 4.64. The van der Waals surface area contributed by atoms with Gasteiger partial charge in [0.15, 0.2) is 0 Å². The average Bonchev–Trinajstić information content (AvgIpc) is 2.14. The highest BCUT2D eigenvalue weighted by molar-refractivity contribution is 4.91. The van der Waals surface area contributed by atoms with Gasteiger partial charge in [0.05, 0.1) is 12.2 Å². The van der Waals surface area contributed by atoms with Gasteiger partial charge >= 0.3 is 0 Å². The molecule has 0 aliphatic heterocycles. The molecule has 0 aromatic carbocycles. The van der Waals surface area contributed by atoms with Gasteiger partial charge in [-0.1, -0.05) is 26.0 Å². The van der Waals surface area contributed by atoms with Crippen LogP contribution in [0.1, 0.15) is 20.8 Å². The number of rotatable bonds is 5. The summed E-state index contributed by atoms with van der Waals surface area (Å²) < 4.78 is 0. The van der Waals surface area contributed by atoms with Gasteiger partial charge < -0.3 is 15.3 Å². The number of allylic oxidation sites excluding steroid dienone is 1. The quantitative estimate of drug-likeness (QED) is 0.552. The lowest BCUT2D eigenvalue weighted by Crippen LogP contribution is -2.34. The Kier molecular flexibility index (Phi) is 5.95. The molecule has 0 unspecified atom stereocenters. The highest BCUT2D eigenvalue weighted by atomic mass is 16.3. The van der Waals surface area contributed by atoms with E-state index in [1.807, 2.05) is 6.92 Å².